The second kappa shape index (κ2) is 2.81. The Bertz CT molecular complexity index is 130. The second-order valence-corrected chi connectivity index (χ2v) is 2.17. The highest BCUT2D eigenvalue weighted by Crippen LogP contribution is 2.09. The Morgan fingerprint density at radius 1 is 1.67 bits per heavy atom. The fourth-order valence-electron chi connectivity index (χ4n) is 1.03. The van der Waals surface area contributed by atoms with E-state index in [-0.39, 0.29) is 12.0 Å². The molecule has 0 unspecified atom stereocenters. The molecule has 3 heteroatoms. The third-order valence-corrected chi connectivity index (χ3v) is 1.63. The zero-order valence-electron chi connectivity index (χ0n) is 5.42. The number of hydrogen-bond acceptors (Lipinski definition) is 3. The number of methoxy groups -OCH3 is 1. The van der Waals surface area contributed by atoms with Crippen LogP contribution in [-0.2, 0) is 4.74 Å². The van der Waals surface area contributed by atoms with Crippen LogP contribution in [0.3, 0.4) is 0 Å². The highest BCUT2D eigenvalue weighted by Gasteiger charge is 2.25. The summed E-state index contributed by atoms with van der Waals surface area (Å²) >= 11 is 0. The predicted molar refractivity (Wildman–Crippen MR) is 32.8 cm³/mol. The monoisotopic (exact) mass is 126 g/mol. The molecule has 1 fully saturated rings. The quantitative estimate of drug-likeness (QED) is 0.526. The fraction of sp³-hybridized carbons (Fsp3) is 0.833. The van der Waals surface area contributed by atoms with Gasteiger partial charge in [0.2, 0.25) is 0 Å². The molecule has 9 heavy (non-hydrogen) atoms. The van der Waals surface area contributed by atoms with Crippen molar-refractivity contribution in [3.05, 3.63) is 0 Å². The number of nitriles is 1. The lowest BCUT2D eigenvalue weighted by molar-refractivity contribution is 0.0996. The van der Waals surface area contributed by atoms with Gasteiger partial charge in [-0.2, -0.15) is 5.26 Å². The summed E-state index contributed by atoms with van der Waals surface area (Å²) in [6, 6.07) is 2.18. The second-order valence-electron chi connectivity index (χ2n) is 2.17. The van der Waals surface area contributed by atoms with Gasteiger partial charge in [0.05, 0.1) is 18.1 Å². The van der Waals surface area contributed by atoms with Crippen molar-refractivity contribution in [3.63, 3.8) is 0 Å². The summed E-state index contributed by atoms with van der Waals surface area (Å²) in [6.07, 6.45) is 0.106. The summed E-state index contributed by atoms with van der Waals surface area (Å²) < 4.78 is 5.03. The normalized spacial score (nSPS) is 34.2. The van der Waals surface area contributed by atoms with Gasteiger partial charge in [-0.25, -0.2) is 0 Å². The fourth-order valence-corrected chi connectivity index (χ4v) is 1.03. The van der Waals surface area contributed by atoms with E-state index in [4.69, 9.17) is 10.00 Å². The molecular formula is C6H10N2O. The molecule has 3 nitrogen and oxygen atoms in total. The van der Waals surface area contributed by atoms with E-state index in [1.54, 1.807) is 7.11 Å². The predicted octanol–water partition coefficient (Wildman–Crippen LogP) is -0.256. The Hall–Kier alpha value is -0.590. The highest BCUT2D eigenvalue weighted by molar-refractivity contribution is 4.95. The SMILES string of the molecule is CO[C@@H]1CNC[C@H]1C#N. The first-order valence-corrected chi connectivity index (χ1v) is 3.01. The van der Waals surface area contributed by atoms with Crippen LogP contribution in [0.25, 0.3) is 0 Å². The van der Waals surface area contributed by atoms with Crippen molar-refractivity contribution in [3.8, 4) is 6.07 Å². The molecule has 0 radical (unpaired) electrons. The lowest BCUT2D eigenvalue weighted by Crippen LogP contribution is -2.19. The van der Waals surface area contributed by atoms with Crippen molar-refractivity contribution in [1.82, 2.24) is 5.32 Å². The van der Waals surface area contributed by atoms with Crippen molar-refractivity contribution in [2.45, 2.75) is 6.10 Å². The van der Waals surface area contributed by atoms with Gasteiger partial charge in [-0.3, -0.25) is 0 Å². The van der Waals surface area contributed by atoms with Crippen molar-refractivity contribution in [2.75, 3.05) is 20.2 Å². The van der Waals surface area contributed by atoms with Crippen molar-refractivity contribution in [1.29, 1.82) is 5.26 Å². The molecule has 0 saturated carbocycles. The van der Waals surface area contributed by atoms with Crippen LogP contribution in [-0.4, -0.2) is 26.3 Å². The first-order valence-electron chi connectivity index (χ1n) is 3.01. The summed E-state index contributed by atoms with van der Waals surface area (Å²) in [5.41, 5.74) is 0. The molecule has 0 aromatic heterocycles. The summed E-state index contributed by atoms with van der Waals surface area (Å²) in [5, 5.41) is 11.6. The van der Waals surface area contributed by atoms with E-state index in [0.717, 1.165) is 13.1 Å². The lowest BCUT2D eigenvalue weighted by atomic mass is 10.1. The van der Waals surface area contributed by atoms with Crippen LogP contribution in [0.15, 0.2) is 0 Å². The Morgan fingerprint density at radius 2 is 2.44 bits per heavy atom. The smallest absolute Gasteiger partial charge is 0.0865 e. The van der Waals surface area contributed by atoms with E-state index in [2.05, 4.69) is 11.4 Å². The molecule has 1 saturated heterocycles. The molecule has 1 N–H and O–H groups in total. The van der Waals surface area contributed by atoms with Gasteiger partial charge in [0, 0.05) is 20.2 Å². The van der Waals surface area contributed by atoms with Gasteiger partial charge in [-0.15, -0.1) is 0 Å². The largest absolute Gasteiger partial charge is 0.379 e. The van der Waals surface area contributed by atoms with E-state index < -0.39 is 0 Å². The zero-order valence-corrected chi connectivity index (χ0v) is 5.42. The van der Waals surface area contributed by atoms with Crippen molar-refractivity contribution in [2.24, 2.45) is 5.92 Å². The molecule has 0 aliphatic carbocycles. The number of hydrogen-bond donors (Lipinski definition) is 1. The minimum Gasteiger partial charge on any atom is -0.379 e. The number of nitrogens with one attached hydrogen (secondary N) is 1. The van der Waals surface area contributed by atoms with Crippen LogP contribution < -0.4 is 5.32 Å². The minimum absolute atomic E-state index is 0.0509. The summed E-state index contributed by atoms with van der Waals surface area (Å²) in [7, 11) is 1.64. The summed E-state index contributed by atoms with van der Waals surface area (Å²) in [5.74, 6) is 0.0509. The molecule has 0 spiro atoms. The summed E-state index contributed by atoms with van der Waals surface area (Å²) in [4.78, 5) is 0. The number of nitrogens with zero attached hydrogens (tertiary/aromatic N) is 1. The number of rotatable bonds is 1. The molecule has 0 bridgehead atoms. The van der Waals surface area contributed by atoms with Crippen LogP contribution in [0.1, 0.15) is 0 Å². The Labute approximate surface area is 54.6 Å². The van der Waals surface area contributed by atoms with Gasteiger partial charge in [-0.05, 0) is 0 Å². The third kappa shape index (κ3) is 1.21. The zero-order chi connectivity index (χ0) is 6.69. The third-order valence-electron chi connectivity index (χ3n) is 1.63. The first kappa shape index (κ1) is 6.53. The molecule has 0 amide bonds. The van der Waals surface area contributed by atoms with Gasteiger partial charge in [0.1, 0.15) is 0 Å². The molecule has 0 aromatic rings. The molecule has 2 atom stereocenters. The minimum atomic E-state index is 0.0509. The Balaban J connectivity index is 2.44. The average Bonchev–Trinajstić information content (AvgIpc) is 2.33. The van der Waals surface area contributed by atoms with E-state index >= 15 is 0 Å². The van der Waals surface area contributed by atoms with Gasteiger partial charge < -0.3 is 10.1 Å². The van der Waals surface area contributed by atoms with E-state index in [1.165, 1.54) is 0 Å². The molecule has 1 aliphatic rings. The van der Waals surface area contributed by atoms with Gasteiger partial charge >= 0.3 is 0 Å². The van der Waals surface area contributed by atoms with Crippen LogP contribution in [0, 0.1) is 17.2 Å². The van der Waals surface area contributed by atoms with E-state index in [9.17, 15) is 0 Å². The average molecular weight is 126 g/mol. The Morgan fingerprint density at radius 3 is 2.89 bits per heavy atom. The molecule has 0 aromatic carbocycles. The van der Waals surface area contributed by atoms with Crippen LogP contribution >= 0.6 is 0 Å². The molecule has 50 valence electrons. The maximum absolute atomic E-state index is 8.50. The topological polar surface area (TPSA) is 45.0 Å². The molecular weight excluding hydrogens is 116 g/mol. The van der Waals surface area contributed by atoms with Gasteiger partial charge in [0.25, 0.3) is 0 Å². The molecule has 1 rings (SSSR count). The molecule has 1 aliphatic heterocycles. The first-order chi connectivity index (χ1) is 4.38. The van der Waals surface area contributed by atoms with Crippen LogP contribution in [0.4, 0.5) is 0 Å². The van der Waals surface area contributed by atoms with Crippen LogP contribution in [0.2, 0.25) is 0 Å². The van der Waals surface area contributed by atoms with Crippen LogP contribution in [0.5, 0.6) is 0 Å². The van der Waals surface area contributed by atoms with E-state index in [0.29, 0.717) is 0 Å². The lowest BCUT2D eigenvalue weighted by Gasteiger charge is -2.07. The van der Waals surface area contributed by atoms with Gasteiger partial charge in [-0.1, -0.05) is 0 Å². The maximum atomic E-state index is 8.50. The standard InChI is InChI=1S/C6H10N2O/c1-9-6-4-8-3-5(6)2-7/h5-6,8H,3-4H2,1H3/t5-,6-/m1/s1. The molecule has 1 heterocycles. The van der Waals surface area contributed by atoms with Gasteiger partial charge in [0.15, 0.2) is 0 Å². The van der Waals surface area contributed by atoms with Crippen molar-refractivity contribution >= 4 is 0 Å². The number of ether oxygens (including phenoxy) is 1. The highest BCUT2D eigenvalue weighted by atomic mass is 16.5. The Kier molecular flexibility index (Phi) is 2.04. The van der Waals surface area contributed by atoms with E-state index in [1.807, 2.05) is 0 Å². The maximum Gasteiger partial charge on any atom is 0.0865 e. The summed E-state index contributed by atoms with van der Waals surface area (Å²) in [6.45, 7) is 1.59. The van der Waals surface area contributed by atoms with Crippen molar-refractivity contribution < 1.29 is 4.74 Å².